The molecule has 0 unspecified atom stereocenters. The molecule has 0 atom stereocenters. The molecular formula is C17H16ClN3O3S2. The third kappa shape index (κ3) is 4.14. The summed E-state index contributed by atoms with van der Waals surface area (Å²) in [5.74, 6) is -0.524. The molecule has 6 nitrogen and oxygen atoms in total. The molecule has 136 valence electrons. The second kappa shape index (κ2) is 8.03. The molecule has 26 heavy (non-hydrogen) atoms. The zero-order valence-corrected chi connectivity index (χ0v) is 16.0. The Morgan fingerprint density at radius 2 is 2.08 bits per heavy atom. The summed E-state index contributed by atoms with van der Waals surface area (Å²) >= 11 is 12.6. The predicted octanol–water partition coefficient (Wildman–Crippen LogP) is 2.88. The summed E-state index contributed by atoms with van der Waals surface area (Å²) in [7, 11) is 0. The average Bonchev–Trinajstić information content (AvgIpc) is 3.14. The van der Waals surface area contributed by atoms with Crippen molar-refractivity contribution in [1.29, 1.82) is 0 Å². The fraction of sp³-hybridized carbons (Fsp3) is 0.235. The van der Waals surface area contributed by atoms with Gasteiger partial charge in [-0.2, -0.15) is 0 Å². The number of aryl methyl sites for hydroxylation is 1. The Kier molecular flexibility index (Phi) is 5.75. The molecule has 2 amide bonds. The quantitative estimate of drug-likeness (QED) is 0.660. The van der Waals surface area contributed by atoms with Crippen molar-refractivity contribution in [3.8, 4) is 5.75 Å². The van der Waals surface area contributed by atoms with Crippen LogP contribution in [0.4, 0.5) is 5.00 Å². The molecule has 0 saturated carbocycles. The van der Waals surface area contributed by atoms with Crippen LogP contribution in [0.1, 0.15) is 27.2 Å². The number of fused-ring (bicyclic) bond motifs is 1. The van der Waals surface area contributed by atoms with Gasteiger partial charge in [0.15, 0.2) is 11.7 Å². The maximum Gasteiger partial charge on any atom is 0.264 e. The lowest BCUT2D eigenvalue weighted by Crippen LogP contribution is -2.37. The zero-order valence-electron chi connectivity index (χ0n) is 13.6. The summed E-state index contributed by atoms with van der Waals surface area (Å²) in [6, 6.07) is 6.86. The molecule has 0 spiro atoms. The number of benzene rings is 1. The summed E-state index contributed by atoms with van der Waals surface area (Å²) in [4.78, 5) is 24.9. The number of carbonyl (C=O) groups excluding carboxylic acids is 2. The lowest BCUT2D eigenvalue weighted by molar-refractivity contribution is -0.121. The van der Waals surface area contributed by atoms with Crippen LogP contribution in [-0.2, 0) is 17.6 Å². The van der Waals surface area contributed by atoms with Crippen LogP contribution in [0.15, 0.2) is 24.3 Å². The first-order chi connectivity index (χ1) is 12.5. The van der Waals surface area contributed by atoms with Gasteiger partial charge in [-0.1, -0.05) is 23.7 Å². The van der Waals surface area contributed by atoms with Gasteiger partial charge in [-0.15, -0.1) is 11.3 Å². The molecule has 0 radical (unpaired) electrons. The Labute approximate surface area is 164 Å². The van der Waals surface area contributed by atoms with Gasteiger partial charge in [-0.25, -0.2) is 0 Å². The molecule has 1 aliphatic rings. The van der Waals surface area contributed by atoms with E-state index in [0.29, 0.717) is 21.3 Å². The first kappa shape index (κ1) is 18.6. The minimum atomic E-state index is -0.497. The van der Waals surface area contributed by atoms with Crippen LogP contribution >= 0.6 is 35.2 Å². The van der Waals surface area contributed by atoms with Gasteiger partial charge in [0.25, 0.3) is 11.8 Å². The minimum Gasteiger partial charge on any atom is -0.482 e. The van der Waals surface area contributed by atoms with Gasteiger partial charge in [0, 0.05) is 4.88 Å². The highest BCUT2D eigenvalue weighted by Gasteiger charge is 2.25. The summed E-state index contributed by atoms with van der Waals surface area (Å²) in [5.41, 5.74) is 6.95. The first-order valence-corrected chi connectivity index (χ1v) is 9.48. The second-order valence-corrected chi connectivity index (χ2v) is 7.57. The van der Waals surface area contributed by atoms with Crippen LogP contribution in [0.2, 0.25) is 5.02 Å². The van der Waals surface area contributed by atoms with Crippen LogP contribution in [0, 0.1) is 0 Å². The molecule has 1 aromatic heterocycles. The van der Waals surface area contributed by atoms with Gasteiger partial charge in [-0.3, -0.25) is 14.9 Å². The van der Waals surface area contributed by atoms with E-state index in [-0.39, 0.29) is 11.7 Å². The lowest BCUT2D eigenvalue weighted by atomic mass is 10.1. The van der Waals surface area contributed by atoms with Crippen molar-refractivity contribution < 1.29 is 14.3 Å². The number of amides is 2. The third-order valence-corrected chi connectivity index (χ3v) is 5.57. The maximum absolute atomic E-state index is 12.0. The number of rotatable bonds is 5. The number of primary amides is 1. The number of thiocarbonyl (C=S) groups is 1. The average molecular weight is 410 g/mol. The maximum atomic E-state index is 12.0. The Bertz CT molecular complexity index is 882. The highest BCUT2D eigenvalue weighted by molar-refractivity contribution is 7.80. The van der Waals surface area contributed by atoms with E-state index in [4.69, 9.17) is 34.3 Å². The van der Waals surface area contributed by atoms with Crippen molar-refractivity contribution in [2.24, 2.45) is 5.73 Å². The van der Waals surface area contributed by atoms with Crippen LogP contribution in [-0.4, -0.2) is 23.5 Å². The van der Waals surface area contributed by atoms with Crippen LogP contribution in [0.25, 0.3) is 0 Å². The van der Waals surface area contributed by atoms with Gasteiger partial charge in [0.1, 0.15) is 10.8 Å². The highest BCUT2D eigenvalue weighted by Crippen LogP contribution is 2.38. The summed E-state index contributed by atoms with van der Waals surface area (Å²) in [6.45, 7) is -0.241. The normalized spacial score (nSPS) is 12.3. The monoisotopic (exact) mass is 409 g/mol. The van der Waals surface area contributed by atoms with E-state index in [1.807, 2.05) is 0 Å². The number of halogens is 1. The van der Waals surface area contributed by atoms with Crippen molar-refractivity contribution >= 4 is 57.1 Å². The molecule has 0 bridgehead atoms. The molecule has 1 aromatic carbocycles. The van der Waals surface area contributed by atoms with Gasteiger partial charge in [0.2, 0.25) is 0 Å². The molecular weight excluding hydrogens is 394 g/mol. The number of para-hydroxylation sites is 1. The van der Waals surface area contributed by atoms with E-state index in [9.17, 15) is 9.59 Å². The van der Waals surface area contributed by atoms with Crippen LogP contribution < -0.4 is 21.1 Å². The van der Waals surface area contributed by atoms with Gasteiger partial charge >= 0.3 is 0 Å². The lowest BCUT2D eigenvalue weighted by Gasteiger charge is -2.11. The number of anilines is 1. The minimum absolute atomic E-state index is 0.0835. The Hall–Kier alpha value is -2.16. The number of thiophene rings is 1. The van der Waals surface area contributed by atoms with E-state index in [2.05, 4.69) is 10.6 Å². The molecule has 1 heterocycles. The number of ether oxygens (including phenoxy) is 1. The van der Waals surface area contributed by atoms with Crippen LogP contribution in [0.5, 0.6) is 5.75 Å². The summed E-state index contributed by atoms with van der Waals surface area (Å²) < 4.78 is 5.36. The number of hydrogen-bond acceptors (Lipinski definition) is 5. The number of nitrogens with two attached hydrogens (primary N) is 1. The van der Waals surface area contributed by atoms with Gasteiger partial charge < -0.3 is 15.8 Å². The van der Waals surface area contributed by atoms with E-state index in [1.165, 1.54) is 11.3 Å². The smallest absolute Gasteiger partial charge is 0.264 e. The van der Waals surface area contributed by atoms with Crippen LogP contribution in [0.3, 0.4) is 0 Å². The molecule has 0 saturated heterocycles. The molecule has 9 heteroatoms. The van der Waals surface area contributed by atoms with Gasteiger partial charge in [0.05, 0.1) is 10.6 Å². The van der Waals surface area contributed by atoms with Crippen molar-refractivity contribution in [2.45, 2.75) is 19.3 Å². The first-order valence-electron chi connectivity index (χ1n) is 7.88. The van der Waals surface area contributed by atoms with Gasteiger partial charge in [-0.05, 0) is 49.2 Å². The molecule has 1 aliphatic carbocycles. The SMILES string of the molecule is NC(=O)c1c(NC(=S)NC(=O)COc2ccccc2Cl)sc2c1CCC2. The second-order valence-electron chi connectivity index (χ2n) is 5.65. The van der Waals surface area contributed by atoms with E-state index in [0.717, 1.165) is 29.7 Å². The molecule has 0 aliphatic heterocycles. The van der Waals surface area contributed by atoms with Crippen molar-refractivity contribution in [1.82, 2.24) is 5.32 Å². The topological polar surface area (TPSA) is 93.5 Å². The Morgan fingerprint density at radius 3 is 2.81 bits per heavy atom. The number of nitrogens with one attached hydrogen (secondary N) is 2. The van der Waals surface area contributed by atoms with E-state index >= 15 is 0 Å². The Balaban J connectivity index is 1.58. The fourth-order valence-corrected chi connectivity index (χ4v) is 4.53. The predicted molar refractivity (Wildman–Crippen MR) is 106 cm³/mol. The zero-order chi connectivity index (χ0) is 18.7. The summed E-state index contributed by atoms with van der Waals surface area (Å²) in [6.07, 6.45) is 2.77. The molecule has 4 N–H and O–H groups in total. The number of carbonyl (C=O) groups is 2. The van der Waals surface area contributed by atoms with Crippen molar-refractivity contribution in [2.75, 3.05) is 11.9 Å². The van der Waals surface area contributed by atoms with E-state index in [1.54, 1.807) is 24.3 Å². The molecule has 3 rings (SSSR count). The molecule has 0 fully saturated rings. The number of hydrogen-bond donors (Lipinski definition) is 3. The van der Waals surface area contributed by atoms with E-state index < -0.39 is 11.8 Å². The largest absolute Gasteiger partial charge is 0.482 e. The summed E-state index contributed by atoms with van der Waals surface area (Å²) in [5, 5.41) is 6.48. The Morgan fingerprint density at radius 1 is 1.31 bits per heavy atom. The molecule has 2 aromatic rings. The van der Waals surface area contributed by atoms with Crippen molar-refractivity contribution in [3.63, 3.8) is 0 Å². The van der Waals surface area contributed by atoms with Crippen molar-refractivity contribution in [3.05, 3.63) is 45.3 Å². The fourth-order valence-electron chi connectivity index (χ4n) is 2.76. The highest BCUT2D eigenvalue weighted by atomic mass is 35.5. The standard InChI is InChI=1S/C17H16ClN3O3S2/c18-10-5-1-2-6-11(10)24-8-13(22)20-17(25)21-16-14(15(19)23)9-4-3-7-12(9)26-16/h1-2,5-6H,3-4,7-8H2,(H2,19,23)(H2,20,21,22,25). The third-order valence-electron chi connectivity index (χ3n) is 3.84.